The van der Waals surface area contributed by atoms with Crippen LogP contribution in [0.2, 0.25) is 0 Å². The van der Waals surface area contributed by atoms with E-state index in [0.29, 0.717) is 5.56 Å². The summed E-state index contributed by atoms with van der Waals surface area (Å²) in [4.78, 5) is 13.4. The highest BCUT2D eigenvalue weighted by molar-refractivity contribution is 6.67. The van der Waals surface area contributed by atoms with E-state index in [1.54, 1.807) is 12.1 Å². The molecule has 0 bridgehead atoms. The van der Waals surface area contributed by atoms with Crippen LogP contribution >= 0.6 is 11.6 Å². The minimum absolute atomic E-state index is 0.446. The Labute approximate surface area is 147 Å². The Bertz CT molecular complexity index is 791. The Balaban J connectivity index is 2.08. The zero-order valence-corrected chi connectivity index (χ0v) is 14.4. The molecular formula is C21H18ClNO. The Hall–Kier alpha value is -2.58. The molecule has 0 amide bonds. The van der Waals surface area contributed by atoms with Gasteiger partial charge in [-0.1, -0.05) is 35.4 Å². The van der Waals surface area contributed by atoms with E-state index < -0.39 is 5.24 Å². The number of nitrogens with zero attached hydrogens (tertiary/aromatic N) is 1. The molecule has 0 spiro atoms. The smallest absolute Gasteiger partial charge is 0.252 e. The largest absolute Gasteiger partial charge is 0.311 e. The lowest BCUT2D eigenvalue weighted by molar-refractivity contribution is 0.108. The molecule has 2 nitrogen and oxygen atoms in total. The van der Waals surface area contributed by atoms with Crippen molar-refractivity contribution in [1.82, 2.24) is 0 Å². The average Bonchev–Trinajstić information content (AvgIpc) is 2.59. The van der Waals surface area contributed by atoms with Gasteiger partial charge in [0.2, 0.25) is 0 Å². The molecule has 120 valence electrons. The van der Waals surface area contributed by atoms with E-state index >= 15 is 0 Å². The zero-order valence-electron chi connectivity index (χ0n) is 13.7. The standard InChI is InChI=1S/C21H18ClNO/c1-15-3-9-18(10-4-15)23(19-11-5-16(2)6-12-19)20-13-7-17(8-14-20)21(22)24/h3-14H,1-2H3. The summed E-state index contributed by atoms with van der Waals surface area (Å²) < 4.78 is 0. The molecule has 0 aliphatic rings. The van der Waals surface area contributed by atoms with Gasteiger partial charge in [-0.25, -0.2) is 0 Å². The number of benzene rings is 3. The summed E-state index contributed by atoms with van der Waals surface area (Å²) in [5.41, 5.74) is 6.03. The molecule has 3 aromatic rings. The van der Waals surface area contributed by atoms with Crippen LogP contribution in [0.3, 0.4) is 0 Å². The van der Waals surface area contributed by atoms with Crippen molar-refractivity contribution in [2.24, 2.45) is 0 Å². The van der Waals surface area contributed by atoms with Crippen molar-refractivity contribution in [2.75, 3.05) is 4.90 Å². The molecule has 24 heavy (non-hydrogen) atoms. The lowest BCUT2D eigenvalue weighted by atomic mass is 10.1. The zero-order chi connectivity index (χ0) is 17.1. The average molecular weight is 336 g/mol. The molecule has 0 saturated heterocycles. The maximum atomic E-state index is 11.3. The number of hydrogen-bond acceptors (Lipinski definition) is 2. The van der Waals surface area contributed by atoms with E-state index in [-0.39, 0.29) is 0 Å². The maximum absolute atomic E-state index is 11.3. The first-order chi connectivity index (χ1) is 11.5. The fourth-order valence-electron chi connectivity index (χ4n) is 2.58. The van der Waals surface area contributed by atoms with Gasteiger partial charge in [-0.2, -0.15) is 0 Å². The van der Waals surface area contributed by atoms with E-state index in [2.05, 4.69) is 67.3 Å². The van der Waals surface area contributed by atoms with Crippen LogP contribution < -0.4 is 4.90 Å². The molecule has 0 radical (unpaired) electrons. The molecule has 0 fully saturated rings. The first-order valence-corrected chi connectivity index (χ1v) is 8.16. The number of aryl methyl sites for hydroxylation is 2. The third-order valence-corrected chi connectivity index (χ3v) is 4.16. The van der Waals surface area contributed by atoms with Crippen molar-refractivity contribution in [3.63, 3.8) is 0 Å². The van der Waals surface area contributed by atoms with E-state index in [0.717, 1.165) is 17.1 Å². The van der Waals surface area contributed by atoms with Crippen LogP contribution in [0.15, 0.2) is 72.8 Å². The third kappa shape index (κ3) is 3.50. The van der Waals surface area contributed by atoms with Crippen LogP contribution in [0.4, 0.5) is 17.1 Å². The molecule has 0 atom stereocenters. The van der Waals surface area contributed by atoms with Crippen LogP contribution in [0, 0.1) is 13.8 Å². The van der Waals surface area contributed by atoms with Gasteiger partial charge in [0, 0.05) is 22.6 Å². The second-order valence-electron chi connectivity index (χ2n) is 5.83. The topological polar surface area (TPSA) is 20.3 Å². The van der Waals surface area contributed by atoms with Crippen molar-refractivity contribution < 1.29 is 4.79 Å². The monoisotopic (exact) mass is 335 g/mol. The number of carbonyl (C=O) groups excluding carboxylic acids is 1. The first-order valence-electron chi connectivity index (χ1n) is 7.78. The molecule has 0 saturated carbocycles. The van der Waals surface area contributed by atoms with Crippen molar-refractivity contribution in [3.05, 3.63) is 89.5 Å². The lowest BCUT2D eigenvalue weighted by Gasteiger charge is -2.25. The SMILES string of the molecule is Cc1ccc(N(c2ccc(C)cc2)c2ccc(C(=O)Cl)cc2)cc1. The number of anilines is 3. The van der Waals surface area contributed by atoms with E-state index in [9.17, 15) is 4.79 Å². The minimum Gasteiger partial charge on any atom is -0.311 e. The molecule has 0 aliphatic carbocycles. The van der Waals surface area contributed by atoms with Gasteiger partial charge in [0.15, 0.2) is 0 Å². The molecule has 0 heterocycles. The van der Waals surface area contributed by atoms with E-state index in [1.807, 2.05) is 12.1 Å². The van der Waals surface area contributed by atoms with Crippen molar-refractivity contribution in [1.29, 1.82) is 0 Å². The normalized spacial score (nSPS) is 10.5. The van der Waals surface area contributed by atoms with Crippen LogP contribution in [0.25, 0.3) is 0 Å². The van der Waals surface area contributed by atoms with Gasteiger partial charge in [-0.05, 0) is 74.0 Å². The molecule has 0 aromatic heterocycles. The van der Waals surface area contributed by atoms with Crippen LogP contribution in [-0.2, 0) is 0 Å². The van der Waals surface area contributed by atoms with Crippen molar-refractivity contribution in [2.45, 2.75) is 13.8 Å². The molecule has 0 unspecified atom stereocenters. The summed E-state index contributed by atoms with van der Waals surface area (Å²) in [7, 11) is 0. The van der Waals surface area contributed by atoms with Crippen LogP contribution in [0.5, 0.6) is 0 Å². The van der Waals surface area contributed by atoms with Crippen LogP contribution in [-0.4, -0.2) is 5.24 Å². The van der Waals surface area contributed by atoms with E-state index in [1.165, 1.54) is 11.1 Å². The predicted octanol–water partition coefficient (Wildman–Crippen LogP) is 6.15. The summed E-state index contributed by atoms with van der Waals surface area (Å²) in [5, 5.41) is -0.446. The highest BCUT2D eigenvalue weighted by atomic mass is 35.5. The van der Waals surface area contributed by atoms with Gasteiger partial charge in [0.05, 0.1) is 0 Å². The van der Waals surface area contributed by atoms with Gasteiger partial charge in [0.25, 0.3) is 5.24 Å². The van der Waals surface area contributed by atoms with Gasteiger partial charge >= 0.3 is 0 Å². The fraction of sp³-hybridized carbons (Fsp3) is 0.0952. The van der Waals surface area contributed by atoms with E-state index in [4.69, 9.17) is 11.6 Å². The number of carbonyl (C=O) groups is 1. The maximum Gasteiger partial charge on any atom is 0.252 e. The fourth-order valence-corrected chi connectivity index (χ4v) is 2.70. The molecule has 0 N–H and O–H groups in total. The third-order valence-electron chi connectivity index (χ3n) is 3.94. The Kier molecular flexibility index (Phi) is 4.68. The quantitative estimate of drug-likeness (QED) is 0.533. The molecule has 3 aromatic carbocycles. The number of rotatable bonds is 4. The Morgan fingerprint density at radius 1 is 0.667 bits per heavy atom. The van der Waals surface area contributed by atoms with Crippen molar-refractivity contribution >= 4 is 33.9 Å². The number of halogens is 1. The highest BCUT2D eigenvalue weighted by Crippen LogP contribution is 2.34. The molecule has 3 heteroatoms. The molecular weight excluding hydrogens is 318 g/mol. The van der Waals surface area contributed by atoms with Gasteiger partial charge in [-0.3, -0.25) is 4.79 Å². The van der Waals surface area contributed by atoms with Crippen molar-refractivity contribution in [3.8, 4) is 0 Å². The van der Waals surface area contributed by atoms with Crippen LogP contribution in [0.1, 0.15) is 21.5 Å². The summed E-state index contributed by atoms with van der Waals surface area (Å²) in [6.45, 7) is 4.14. The van der Waals surface area contributed by atoms with Gasteiger partial charge < -0.3 is 4.90 Å². The first kappa shape index (κ1) is 16.3. The lowest BCUT2D eigenvalue weighted by Crippen LogP contribution is -2.10. The summed E-state index contributed by atoms with van der Waals surface area (Å²) >= 11 is 5.55. The van der Waals surface area contributed by atoms with Gasteiger partial charge in [0.1, 0.15) is 0 Å². The van der Waals surface area contributed by atoms with Gasteiger partial charge in [-0.15, -0.1) is 0 Å². The Morgan fingerprint density at radius 2 is 1.00 bits per heavy atom. The predicted molar refractivity (Wildman–Crippen MR) is 101 cm³/mol. The highest BCUT2D eigenvalue weighted by Gasteiger charge is 2.12. The molecule has 3 rings (SSSR count). The second-order valence-corrected chi connectivity index (χ2v) is 6.17. The number of hydrogen-bond donors (Lipinski definition) is 0. The summed E-state index contributed by atoms with van der Waals surface area (Å²) in [6.07, 6.45) is 0. The minimum atomic E-state index is -0.446. The summed E-state index contributed by atoms with van der Waals surface area (Å²) in [6, 6.07) is 24.1. The summed E-state index contributed by atoms with van der Waals surface area (Å²) in [5.74, 6) is 0. The Morgan fingerprint density at radius 3 is 1.33 bits per heavy atom. The second kappa shape index (κ2) is 6.90. The molecule has 0 aliphatic heterocycles.